The number of ether oxygens (including phenoxy) is 1. The van der Waals surface area contributed by atoms with E-state index in [4.69, 9.17) is 14.9 Å². The molecule has 3 N–H and O–H groups in total. The molecule has 0 saturated heterocycles. The number of anilines is 1. The summed E-state index contributed by atoms with van der Waals surface area (Å²) in [4.78, 5) is 23.4. The lowest BCUT2D eigenvalue weighted by atomic mass is 10.3. The molecule has 7 nitrogen and oxygen atoms in total. The molecule has 0 bridgehead atoms. The second-order valence-electron chi connectivity index (χ2n) is 3.80. The van der Waals surface area contributed by atoms with Crippen LogP contribution in [0.25, 0.3) is 0 Å². The zero-order valence-corrected chi connectivity index (χ0v) is 10.7. The number of rotatable bonds is 5. The normalized spacial score (nSPS) is 11.5. The van der Waals surface area contributed by atoms with Gasteiger partial charge < -0.3 is 20.3 Å². The van der Waals surface area contributed by atoms with Crippen LogP contribution in [-0.4, -0.2) is 49.0 Å². The average molecular weight is 268 g/mol. The second-order valence-corrected chi connectivity index (χ2v) is 3.80. The van der Waals surface area contributed by atoms with Gasteiger partial charge in [0.05, 0.1) is 13.7 Å². The number of amides is 2. The molecule has 1 aromatic rings. The minimum atomic E-state index is -1.62. The van der Waals surface area contributed by atoms with E-state index < -0.39 is 18.1 Å². The summed E-state index contributed by atoms with van der Waals surface area (Å²) in [6.45, 7) is -0.353. The number of aliphatic carboxylic acids is 1. The van der Waals surface area contributed by atoms with Crippen LogP contribution in [0.4, 0.5) is 10.5 Å². The molecule has 1 rings (SSSR count). The molecule has 104 valence electrons. The minimum Gasteiger partial charge on any atom is -0.497 e. The Morgan fingerprint density at radius 1 is 1.37 bits per heavy atom. The van der Waals surface area contributed by atoms with Crippen molar-refractivity contribution >= 4 is 17.7 Å². The fourth-order valence-electron chi connectivity index (χ4n) is 1.31. The Balaban J connectivity index is 2.58. The fourth-order valence-corrected chi connectivity index (χ4v) is 1.31. The lowest BCUT2D eigenvalue weighted by molar-refractivity contribution is -0.146. The molecule has 0 saturated carbocycles. The SMILES string of the molecule is COc1ccc(N(C)C(=O)NC[C@H](O)C(=O)O)cc1. The van der Waals surface area contributed by atoms with Crippen LogP contribution in [0, 0.1) is 0 Å². The van der Waals surface area contributed by atoms with Gasteiger partial charge in [0, 0.05) is 12.7 Å². The van der Waals surface area contributed by atoms with E-state index in [-0.39, 0.29) is 6.54 Å². The van der Waals surface area contributed by atoms with Gasteiger partial charge in [-0.1, -0.05) is 0 Å². The van der Waals surface area contributed by atoms with Gasteiger partial charge in [-0.25, -0.2) is 9.59 Å². The van der Waals surface area contributed by atoms with E-state index in [9.17, 15) is 9.59 Å². The first-order valence-electron chi connectivity index (χ1n) is 5.52. The molecular formula is C12H16N2O5. The summed E-state index contributed by atoms with van der Waals surface area (Å²) < 4.78 is 5.00. The number of methoxy groups -OCH3 is 1. The third kappa shape index (κ3) is 4.14. The maximum absolute atomic E-state index is 11.7. The Bertz CT molecular complexity index is 446. The third-order valence-corrected chi connectivity index (χ3v) is 2.50. The summed E-state index contributed by atoms with van der Waals surface area (Å²) in [6, 6.07) is 6.26. The largest absolute Gasteiger partial charge is 0.497 e. The number of urea groups is 1. The number of carbonyl (C=O) groups excluding carboxylic acids is 1. The van der Waals surface area contributed by atoms with Crippen LogP contribution in [0.2, 0.25) is 0 Å². The average Bonchev–Trinajstić information content (AvgIpc) is 2.43. The van der Waals surface area contributed by atoms with Crippen molar-refractivity contribution in [3.63, 3.8) is 0 Å². The fraction of sp³-hybridized carbons (Fsp3) is 0.333. The van der Waals surface area contributed by atoms with Gasteiger partial charge in [-0.3, -0.25) is 4.90 Å². The predicted octanol–water partition coefficient (Wildman–Crippen LogP) is 0.286. The quantitative estimate of drug-likeness (QED) is 0.712. The number of hydrogen-bond donors (Lipinski definition) is 3. The highest BCUT2D eigenvalue weighted by Crippen LogP contribution is 2.17. The number of nitrogens with one attached hydrogen (secondary N) is 1. The van der Waals surface area contributed by atoms with Crippen LogP contribution in [0.15, 0.2) is 24.3 Å². The number of nitrogens with zero attached hydrogens (tertiary/aromatic N) is 1. The molecule has 1 atom stereocenters. The number of carbonyl (C=O) groups is 2. The summed E-state index contributed by atoms with van der Waals surface area (Å²) in [7, 11) is 3.07. The smallest absolute Gasteiger partial charge is 0.334 e. The summed E-state index contributed by atoms with van der Waals surface area (Å²) in [5, 5.41) is 19.8. The number of hydrogen-bond acceptors (Lipinski definition) is 4. The van der Waals surface area contributed by atoms with Crippen LogP contribution in [0.3, 0.4) is 0 Å². The molecule has 0 unspecified atom stereocenters. The Labute approximate surface area is 110 Å². The van der Waals surface area contributed by atoms with Crippen molar-refractivity contribution in [3.8, 4) is 5.75 Å². The first-order chi connectivity index (χ1) is 8.95. The summed E-state index contributed by atoms with van der Waals surface area (Å²) >= 11 is 0. The Morgan fingerprint density at radius 3 is 2.42 bits per heavy atom. The lowest BCUT2D eigenvalue weighted by Gasteiger charge is -2.18. The Hall–Kier alpha value is -2.28. The van der Waals surface area contributed by atoms with E-state index in [1.807, 2.05) is 0 Å². The number of carboxylic acid groups (broad SMARTS) is 1. The van der Waals surface area contributed by atoms with Crippen LogP contribution >= 0.6 is 0 Å². The molecule has 1 aromatic carbocycles. The number of aliphatic hydroxyl groups is 1. The summed E-state index contributed by atoms with van der Waals surface area (Å²) in [5.41, 5.74) is 0.614. The molecular weight excluding hydrogens is 252 g/mol. The molecule has 0 fully saturated rings. The van der Waals surface area contributed by atoms with Crippen molar-refractivity contribution in [1.29, 1.82) is 0 Å². The molecule has 0 aliphatic heterocycles. The van der Waals surface area contributed by atoms with Crippen molar-refractivity contribution in [2.45, 2.75) is 6.10 Å². The van der Waals surface area contributed by atoms with Crippen LogP contribution in [0.5, 0.6) is 5.75 Å². The monoisotopic (exact) mass is 268 g/mol. The molecule has 7 heteroatoms. The lowest BCUT2D eigenvalue weighted by Crippen LogP contribution is -2.43. The molecule has 0 aromatic heterocycles. The van der Waals surface area contributed by atoms with E-state index in [0.29, 0.717) is 11.4 Å². The zero-order chi connectivity index (χ0) is 14.4. The highest BCUT2D eigenvalue weighted by Gasteiger charge is 2.16. The van der Waals surface area contributed by atoms with Gasteiger partial charge in [-0.2, -0.15) is 0 Å². The topological polar surface area (TPSA) is 99.1 Å². The maximum atomic E-state index is 11.7. The molecule has 19 heavy (non-hydrogen) atoms. The van der Waals surface area contributed by atoms with Crippen molar-refractivity contribution in [2.24, 2.45) is 0 Å². The van der Waals surface area contributed by atoms with Gasteiger partial charge >= 0.3 is 12.0 Å². The third-order valence-electron chi connectivity index (χ3n) is 2.50. The van der Waals surface area contributed by atoms with Gasteiger partial charge in [-0.15, -0.1) is 0 Å². The Kier molecular flexibility index (Phi) is 5.13. The standard InChI is InChI=1S/C12H16N2O5/c1-14(8-3-5-9(19-2)6-4-8)12(18)13-7-10(15)11(16)17/h3-6,10,15H,7H2,1-2H3,(H,13,18)(H,16,17)/t10-/m0/s1. The highest BCUT2D eigenvalue weighted by atomic mass is 16.5. The summed E-state index contributed by atoms with van der Waals surface area (Å²) in [6.07, 6.45) is -1.62. The van der Waals surface area contributed by atoms with Crippen molar-refractivity contribution in [1.82, 2.24) is 5.32 Å². The zero-order valence-electron chi connectivity index (χ0n) is 10.7. The maximum Gasteiger partial charge on any atom is 0.334 e. The predicted molar refractivity (Wildman–Crippen MR) is 68.4 cm³/mol. The van der Waals surface area contributed by atoms with E-state index in [0.717, 1.165) is 0 Å². The van der Waals surface area contributed by atoms with Crippen LogP contribution in [-0.2, 0) is 4.79 Å². The Morgan fingerprint density at radius 2 is 1.95 bits per heavy atom. The van der Waals surface area contributed by atoms with Crippen molar-refractivity contribution < 1.29 is 24.5 Å². The van der Waals surface area contributed by atoms with Crippen molar-refractivity contribution in [2.75, 3.05) is 25.6 Å². The molecule has 0 aliphatic rings. The highest BCUT2D eigenvalue weighted by molar-refractivity contribution is 5.91. The van der Waals surface area contributed by atoms with Crippen LogP contribution < -0.4 is 15.0 Å². The first-order valence-corrected chi connectivity index (χ1v) is 5.52. The molecule has 0 radical (unpaired) electrons. The second kappa shape index (κ2) is 6.60. The van der Waals surface area contributed by atoms with Gasteiger partial charge in [0.1, 0.15) is 5.75 Å². The summed E-state index contributed by atoms with van der Waals surface area (Å²) in [5.74, 6) is -0.716. The number of aliphatic hydroxyl groups excluding tert-OH is 1. The van der Waals surface area contributed by atoms with Crippen molar-refractivity contribution in [3.05, 3.63) is 24.3 Å². The number of carboxylic acids is 1. The van der Waals surface area contributed by atoms with Gasteiger partial charge in [-0.05, 0) is 24.3 Å². The van der Waals surface area contributed by atoms with E-state index in [2.05, 4.69) is 5.32 Å². The van der Waals surface area contributed by atoms with Gasteiger partial charge in [0.2, 0.25) is 0 Å². The van der Waals surface area contributed by atoms with Gasteiger partial charge in [0.15, 0.2) is 6.10 Å². The number of benzene rings is 1. The van der Waals surface area contributed by atoms with Crippen LogP contribution in [0.1, 0.15) is 0 Å². The molecule has 0 heterocycles. The minimum absolute atomic E-state index is 0.353. The first kappa shape index (κ1) is 14.8. The molecule has 0 aliphatic carbocycles. The van der Waals surface area contributed by atoms with E-state index in [1.54, 1.807) is 31.4 Å². The van der Waals surface area contributed by atoms with E-state index in [1.165, 1.54) is 11.9 Å². The van der Waals surface area contributed by atoms with Gasteiger partial charge in [0.25, 0.3) is 0 Å². The molecule has 2 amide bonds. The molecule has 0 spiro atoms. The van der Waals surface area contributed by atoms with E-state index >= 15 is 0 Å².